The monoisotopic (exact) mass is 470 g/mol. The number of ether oxygens (including phenoxy) is 1. The summed E-state index contributed by atoms with van der Waals surface area (Å²) in [6.45, 7) is 0.170. The summed E-state index contributed by atoms with van der Waals surface area (Å²) in [6, 6.07) is 14.9. The average Bonchev–Trinajstić information content (AvgIpc) is 3.28. The Bertz CT molecular complexity index is 1210. The number of aromatic nitrogens is 3. The smallest absolute Gasteiger partial charge is 0.277 e. The van der Waals surface area contributed by atoms with E-state index in [1.807, 2.05) is 0 Å². The lowest BCUT2D eigenvalue weighted by Gasteiger charge is -2.09. The summed E-state index contributed by atoms with van der Waals surface area (Å²) in [5.41, 5.74) is 1.33. The summed E-state index contributed by atoms with van der Waals surface area (Å²) in [5, 5.41) is 11.5. The van der Waals surface area contributed by atoms with Gasteiger partial charge >= 0.3 is 0 Å². The van der Waals surface area contributed by atoms with E-state index in [-0.39, 0.29) is 29.2 Å². The van der Waals surface area contributed by atoms with Crippen molar-refractivity contribution in [1.82, 2.24) is 20.5 Å². The molecule has 10 heteroatoms. The fourth-order valence-corrected chi connectivity index (χ4v) is 3.35. The molecule has 0 saturated heterocycles. The Hall–Kier alpha value is -3.43. The molecule has 4 rings (SSSR count). The van der Waals surface area contributed by atoms with Gasteiger partial charge in [0.25, 0.3) is 5.22 Å². The third-order valence-electron chi connectivity index (χ3n) is 4.17. The van der Waals surface area contributed by atoms with E-state index < -0.39 is 5.82 Å². The molecule has 1 amide bonds. The molecular formula is C22H16ClFN4O3S. The summed E-state index contributed by atoms with van der Waals surface area (Å²) < 4.78 is 25.3. The number of thioether (sulfide) groups is 1. The highest BCUT2D eigenvalue weighted by Gasteiger charge is 2.12. The summed E-state index contributed by atoms with van der Waals surface area (Å²) in [4.78, 5) is 16.1. The molecule has 1 N–H and O–H groups in total. The van der Waals surface area contributed by atoms with Gasteiger partial charge in [-0.3, -0.25) is 9.78 Å². The van der Waals surface area contributed by atoms with Crippen molar-refractivity contribution in [3.8, 4) is 23.0 Å². The Morgan fingerprint density at radius 2 is 2.00 bits per heavy atom. The number of benzene rings is 2. The van der Waals surface area contributed by atoms with Crippen molar-refractivity contribution >= 4 is 29.3 Å². The third-order valence-corrected chi connectivity index (χ3v) is 5.24. The molecule has 0 bridgehead atoms. The van der Waals surface area contributed by atoms with Crippen LogP contribution in [0.5, 0.6) is 11.5 Å². The maximum absolute atomic E-state index is 14.3. The van der Waals surface area contributed by atoms with Gasteiger partial charge in [0.2, 0.25) is 11.8 Å². The number of nitrogens with zero attached hydrogens (tertiary/aromatic N) is 3. The molecule has 0 unspecified atom stereocenters. The van der Waals surface area contributed by atoms with Gasteiger partial charge in [0.15, 0.2) is 11.6 Å². The molecule has 0 radical (unpaired) electrons. The van der Waals surface area contributed by atoms with Crippen LogP contribution in [0.15, 0.2) is 76.6 Å². The largest absolute Gasteiger partial charge is 0.453 e. The number of pyridine rings is 1. The Labute approximate surface area is 192 Å². The molecule has 0 aliphatic rings. The Morgan fingerprint density at radius 1 is 1.16 bits per heavy atom. The molecule has 2 heterocycles. The maximum atomic E-state index is 14.3. The number of carbonyl (C=O) groups is 1. The van der Waals surface area contributed by atoms with Gasteiger partial charge < -0.3 is 14.5 Å². The molecule has 0 spiro atoms. The first kappa shape index (κ1) is 21.8. The van der Waals surface area contributed by atoms with Gasteiger partial charge in [-0.25, -0.2) is 4.39 Å². The van der Waals surface area contributed by atoms with Crippen molar-refractivity contribution in [3.05, 3.63) is 83.4 Å². The van der Waals surface area contributed by atoms with E-state index in [0.29, 0.717) is 22.2 Å². The second-order valence-electron chi connectivity index (χ2n) is 6.50. The third kappa shape index (κ3) is 5.83. The number of hydrogen-bond donors (Lipinski definition) is 1. The lowest BCUT2D eigenvalue weighted by molar-refractivity contribution is -0.118. The number of carbonyl (C=O) groups excluding carboxylic acids is 1. The van der Waals surface area contributed by atoms with E-state index in [1.54, 1.807) is 48.7 Å². The number of rotatable bonds is 8. The van der Waals surface area contributed by atoms with Crippen LogP contribution in [0.2, 0.25) is 5.02 Å². The minimum Gasteiger partial charge on any atom is -0.453 e. The zero-order valence-electron chi connectivity index (χ0n) is 16.5. The van der Waals surface area contributed by atoms with Crippen molar-refractivity contribution < 1.29 is 18.3 Å². The highest BCUT2D eigenvalue weighted by atomic mass is 35.5. The highest BCUT2D eigenvalue weighted by molar-refractivity contribution is 7.99. The Morgan fingerprint density at radius 3 is 2.75 bits per heavy atom. The van der Waals surface area contributed by atoms with Crippen LogP contribution in [-0.2, 0) is 11.3 Å². The van der Waals surface area contributed by atoms with Crippen LogP contribution in [-0.4, -0.2) is 26.8 Å². The summed E-state index contributed by atoms with van der Waals surface area (Å²) in [6.07, 6.45) is 3.09. The molecule has 32 heavy (non-hydrogen) atoms. The lowest BCUT2D eigenvalue weighted by Crippen LogP contribution is -2.24. The van der Waals surface area contributed by atoms with Gasteiger partial charge in [0, 0.05) is 23.3 Å². The van der Waals surface area contributed by atoms with Gasteiger partial charge in [-0.15, -0.1) is 10.2 Å². The van der Waals surface area contributed by atoms with Crippen LogP contribution in [0, 0.1) is 5.82 Å². The van der Waals surface area contributed by atoms with Crippen molar-refractivity contribution in [1.29, 1.82) is 0 Å². The fourth-order valence-electron chi connectivity index (χ4n) is 2.63. The van der Waals surface area contributed by atoms with Crippen molar-refractivity contribution in [2.75, 3.05) is 5.75 Å². The van der Waals surface area contributed by atoms with Crippen LogP contribution in [0.3, 0.4) is 0 Å². The first-order valence-electron chi connectivity index (χ1n) is 9.42. The van der Waals surface area contributed by atoms with Crippen LogP contribution < -0.4 is 10.1 Å². The molecule has 0 saturated carbocycles. The summed E-state index contributed by atoms with van der Waals surface area (Å²) in [5.74, 6) is 0.148. The SMILES string of the molecule is O=C(CSc1nnc(-c2ccc(Cl)cc2)o1)NCc1ccc(Oc2cccnc2)c(F)c1. The van der Waals surface area contributed by atoms with Crippen LogP contribution in [0.4, 0.5) is 4.39 Å². The number of amides is 1. The topological polar surface area (TPSA) is 90.1 Å². The van der Waals surface area contributed by atoms with Crippen LogP contribution in [0.25, 0.3) is 11.5 Å². The predicted octanol–water partition coefficient (Wildman–Crippen LogP) is 5.12. The van der Waals surface area contributed by atoms with Crippen molar-refractivity contribution in [3.63, 3.8) is 0 Å². The predicted molar refractivity (Wildman–Crippen MR) is 118 cm³/mol. The zero-order chi connectivity index (χ0) is 22.3. The van der Waals surface area contributed by atoms with Crippen molar-refractivity contribution in [2.45, 2.75) is 11.8 Å². The van der Waals surface area contributed by atoms with E-state index in [1.165, 1.54) is 18.3 Å². The van der Waals surface area contributed by atoms with Gasteiger partial charge in [-0.2, -0.15) is 0 Å². The quantitative estimate of drug-likeness (QED) is 0.357. The molecule has 4 aromatic rings. The van der Waals surface area contributed by atoms with Gasteiger partial charge in [-0.05, 0) is 54.1 Å². The molecule has 7 nitrogen and oxygen atoms in total. The Kier molecular flexibility index (Phi) is 6.98. The highest BCUT2D eigenvalue weighted by Crippen LogP contribution is 2.25. The molecule has 0 aliphatic heterocycles. The second-order valence-corrected chi connectivity index (χ2v) is 7.86. The van der Waals surface area contributed by atoms with E-state index >= 15 is 0 Å². The molecule has 0 atom stereocenters. The molecule has 162 valence electrons. The lowest BCUT2D eigenvalue weighted by atomic mass is 10.2. The minimum absolute atomic E-state index is 0.0763. The van der Waals surface area contributed by atoms with E-state index in [2.05, 4.69) is 20.5 Å². The average molecular weight is 471 g/mol. The number of halogens is 2. The van der Waals surface area contributed by atoms with Gasteiger partial charge in [0.05, 0.1) is 11.9 Å². The first-order valence-corrected chi connectivity index (χ1v) is 10.8. The number of nitrogens with one attached hydrogen (secondary N) is 1. The standard InChI is InChI=1S/C22H16ClFN4O3S/c23-16-6-4-15(5-7-16)21-27-28-22(31-21)32-13-20(29)26-11-14-3-8-19(18(24)10-14)30-17-2-1-9-25-12-17/h1-10,12H,11,13H2,(H,26,29). The molecule has 0 aliphatic carbocycles. The maximum Gasteiger partial charge on any atom is 0.277 e. The van der Waals surface area contributed by atoms with Gasteiger partial charge in [0.1, 0.15) is 5.75 Å². The van der Waals surface area contributed by atoms with Crippen LogP contribution in [0.1, 0.15) is 5.56 Å². The van der Waals surface area contributed by atoms with Crippen molar-refractivity contribution in [2.24, 2.45) is 0 Å². The van der Waals surface area contributed by atoms with Gasteiger partial charge in [-0.1, -0.05) is 29.4 Å². The molecular weight excluding hydrogens is 455 g/mol. The van der Waals surface area contributed by atoms with Crippen LogP contribution >= 0.6 is 23.4 Å². The fraction of sp³-hybridized carbons (Fsp3) is 0.0909. The second kappa shape index (κ2) is 10.3. The molecule has 2 aromatic heterocycles. The normalized spacial score (nSPS) is 10.7. The Balaban J connectivity index is 1.26. The molecule has 0 fully saturated rings. The van der Waals surface area contributed by atoms with E-state index in [4.69, 9.17) is 20.8 Å². The number of hydrogen-bond acceptors (Lipinski definition) is 7. The zero-order valence-corrected chi connectivity index (χ0v) is 18.1. The molecule has 2 aromatic carbocycles. The minimum atomic E-state index is -0.532. The van der Waals surface area contributed by atoms with E-state index in [0.717, 1.165) is 17.3 Å². The van der Waals surface area contributed by atoms with E-state index in [9.17, 15) is 9.18 Å². The summed E-state index contributed by atoms with van der Waals surface area (Å²) >= 11 is 6.98. The first-order chi connectivity index (χ1) is 15.6. The summed E-state index contributed by atoms with van der Waals surface area (Å²) in [7, 11) is 0.